The number of allylic oxidation sites excluding steroid dienone is 1. The van der Waals surface area contributed by atoms with E-state index in [4.69, 9.17) is 13.9 Å². The first-order valence-corrected chi connectivity index (χ1v) is 6.98. The van der Waals surface area contributed by atoms with Crippen LogP contribution in [0.2, 0.25) is 0 Å². The molecule has 0 fully saturated rings. The van der Waals surface area contributed by atoms with Gasteiger partial charge in [-0.3, -0.25) is 0 Å². The smallest absolute Gasteiger partial charge is 0.142 e. The van der Waals surface area contributed by atoms with E-state index in [0.29, 0.717) is 22.8 Å². The van der Waals surface area contributed by atoms with Crippen molar-refractivity contribution in [2.75, 3.05) is 6.61 Å². The Morgan fingerprint density at radius 3 is 2.86 bits per heavy atom. The summed E-state index contributed by atoms with van der Waals surface area (Å²) in [6.07, 6.45) is 4.13. The quantitative estimate of drug-likeness (QED) is 0.908. The number of ether oxygens (including phenoxy) is 2. The van der Waals surface area contributed by atoms with Gasteiger partial charge in [0.1, 0.15) is 35.6 Å². The molecule has 5 nitrogen and oxygen atoms in total. The summed E-state index contributed by atoms with van der Waals surface area (Å²) in [4.78, 5) is 0. The molecule has 0 spiro atoms. The van der Waals surface area contributed by atoms with Crippen LogP contribution in [0.1, 0.15) is 19.4 Å². The SMILES string of the molecule is C=C1C=Cc2c(cc3occc3c2OCC(O)C(C)(C)O)O1. The summed E-state index contributed by atoms with van der Waals surface area (Å²) in [7, 11) is 0. The third-order valence-corrected chi connectivity index (χ3v) is 3.59. The maximum Gasteiger partial charge on any atom is 0.142 e. The molecule has 0 aliphatic carbocycles. The molecule has 22 heavy (non-hydrogen) atoms. The molecule has 0 radical (unpaired) electrons. The maximum absolute atomic E-state index is 9.95. The molecule has 0 saturated heterocycles. The Labute approximate surface area is 128 Å². The van der Waals surface area contributed by atoms with Crippen molar-refractivity contribution in [3.63, 3.8) is 0 Å². The zero-order valence-electron chi connectivity index (χ0n) is 12.5. The van der Waals surface area contributed by atoms with Gasteiger partial charge in [-0.15, -0.1) is 0 Å². The average molecular weight is 302 g/mol. The lowest BCUT2D eigenvalue weighted by Gasteiger charge is -2.25. The summed E-state index contributed by atoms with van der Waals surface area (Å²) in [6, 6.07) is 3.57. The Morgan fingerprint density at radius 1 is 1.36 bits per heavy atom. The molecule has 1 aromatic heterocycles. The van der Waals surface area contributed by atoms with Crippen molar-refractivity contribution in [1.29, 1.82) is 0 Å². The number of rotatable bonds is 4. The van der Waals surface area contributed by atoms with Crippen LogP contribution < -0.4 is 9.47 Å². The summed E-state index contributed by atoms with van der Waals surface area (Å²) >= 11 is 0. The molecule has 0 saturated carbocycles. The van der Waals surface area contributed by atoms with Gasteiger partial charge in [0.25, 0.3) is 0 Å². The van der Waals surface area contributed by atoms with E-state index >= 15 is 0 Å². The summed E-state index contributed by atoms with van der Waals surface area (Å²) in [5.41, 5.74) is 0.129. The molecular formula is C17H18O5. The first-order valence-electron chi connectivity index (χ1n) is 6.98. The first kappa shape index (κ1) is 14.7. The zero-order valence-corrected chi connectivity index (χ0v) is 12.5. The second-order valence-electron chi connectivity index (χ2n) is 5.83. The van der Waals surface area contributed by atoms with Crippen LogP contribution in [-0.2, 0) is 0 Å². The average Bonchev–Trinajstić information content (AvgIpc) is 2.89. The minimum absolute atomic E-state index is 0.0466. The highest BCUT2D eigenvalue weighted by Gasteiger charge is 2.26. The largest absolute Gasteiger partial charge is 0.489 e. The number of aliphatic hydroxyl groups is 2. The van der Waals surface area contributed by atoms with Crippen LogP contribution in [0, 0.1) is 0 Å². The van der Waals surface area contributed by atoms with Crippen LogP contribution in [0.15, 0.2) is 41.2 Å². The van der Waals surface area contributed by atoms with E-state index in [1.165, 1.54) is 13.8 Å². The van der Waals surface area contributed by atoms with E-state index in [1.54, 1.807) is 24.5 Å². The molecule has 1 unspecified atom stereocenters. The van der Waals surface area contributed by atoms with Crippen molar-refractivity contribution in [2.45, 2.75) is 25.6 Å². The van der Waals surface area contributed by atoms with Crippen LogP contribution in [0.25, 0.3) is 17.0 Å². The molecule has 1 aliphatic heterocycles. The fourth-order valence-electron chi connectivity index (χ4n) is 2.19. The number of furan rings is 1. The Bertz CT molecular complexity index is 748. The fourth-order valence-corrected chi connectivity index (χ4v) is 2.19. The second-order valence-corrected chi connectivity index (χ2v) is 5.83. The first-order chi connectivity index (χ1) is 10.4. The van der Waals surface area contributed by atoms with Gasteiger partial charge in [0.2, 0.25) is 0 Å². The number of hydrogen-bond acceptors (Lipinski definition) is 5. The monoisotopic (exact) mass is 302 g/mol. The highest BCUT2D eigenvalue weighted by molar-refractivity contribution is 5.91. The van der Waals surface area contributed by atoms with Crippen molar-refractivity contribution in [2.24, 2.45) is 0 Å². The van der Waals surface area contributed by atoms with Crippen LogP contribution in [0.4, 0.5) is 0 Å². The molecule has 2 heterocycles. The molecule has 2 N–H and O–H groups in total. The zero-order chi connectivity index (χ0) is 15.9. The Kier molecular flexibility index (Phi) is 3.47. The van der Waals surface area contributed by atoms with E-state index in [2.05, 4.69) is 6.58 Å². The molecule has 0 amide bonds. The maximum atomic E-state index is 9.95. The number of hydrogen-bond donors (Lipinski definition) is 2. The molecule has 1 atom stereocenters. The van der Waals surface area contributed by atoms with Gasteiger partial charge in [0.05, 0.1) is 22.8 Å². The molecule has 1 aromatic carbocycles. The standard InChI is InChI=1S/C17H18O5/c1-10-4-5-11-14(22-10)8-13-12(6-7-20-13)16(11)21-9-15(18)17(2,3)19/h4-8,15,18-19H,1,9H2,2-3H3. The van der Waals surface area contributed by atoms with E-state index in [9.17, 15) is 10.2 Å². The van der Waals surface area contributed by atoms with Crippen molar-refractivity contribution in [1.82, 2.24) is 0 Å². The Hall–Kier alpha value is -2.24. The minimum Gasteiger partial charge on any atom is -0.489 e. The van der Waals surface area contributed by atoms with E-state index < -0.39 is 11.7 Å². The number of fused-ring (bicyclic) bond motifs is 2. The molecule has 2 aromatic rings. The lowest BCUT2D eigenvalue weighted by Crippen LogP contribution is -2.40. The Morgan fingerprint density at radius 2 is 2.14 bits per heavy atom. The number of aliphatic hydroxyl groups excluding tert-OH is 1. The summed E-state index contributed by atoms with van der Waals surface area (Å²) < 4.78 is 16.8. The predicted octanol–water partition coefficient (Wildman–Crippen LogP) is 2.86. The lowest BCUT2D eigenvalue weighted by molar-refractivity contribution is -0.0660. The van der Waals surface area contributed by atoms with Crippen molar-refractivity contribution in [3.05, 3.63) is 42.4 Å². The van der Waals surface area contributed by atoms with Crippen molar-refractivity contribution in [3.8, 4) is 11.5 Å². The van der Waals surface area contributed by atoms with Gasteiger partial charge in [-0.05, 0) is 32.1 Å². The topological polar surface area (TPSA) is 72.1 Å². The highest BCUT2D eigenvalue weighted by atomic mass is 16.5. The third kappa shape index (κ3) is 2.61. The van der Waals surface area contributed by atoms with Gasteiger partial charge < -0.3 is 24.1 Å². The third-order valence-electron chi connectivity index (χ3n) is 3.59. The van der Waals surface area contributed by atoms with Crippen LogP contribution in [0.5, 0.6) is 11.5 Å². The number of benzene rings is 1. The minimum atomic E-state index is -1.25. The molecule has 3 rings (SSSR count). The lowest BCUT2D eigenvalue weighted by atomic mass is 10.0. The molecule has 0 bridgehead atoms. The van der Waals surface area contributed by atoms with E-state index in [1.807, 2.05) is 6.08 Å². The highest BCUT2D eigenvalue weighted by Crippen LogP contribution is 2.41. The van der Waals surface area contributed by atoms with Gasteiger partial charge in [0, 0.05) is 6.07 Å². The van der Waals surface area contributed by atoms with Gasteiger partial charge in [-0.2, -0.15) is 0 Å². The summed E-state index contributed by atoms with van der Waals surface area (Å²) in [5.74, 6) is 1.66. The predicted molar refractivity (Wildman–Crippen MR) is 82.8 cm³/mol. The van der Waals surface area contributed by atoms with Gasteiger partial charge in [-0.1, -0.05) is 6.58 Å². The molecule has 5 heteroatoms. The molecule has 116 valence electrons. The van der Waals surface area contributed by atoms with Crippen LogP contribution >= 0.6 is 0 Å². The second kappa shape index (κ2) is 5.19. The van der Waals surface area contributed by atoms with Gasteiger partial charge in [-0.25, -0.2) is 0 Å². The van der Waals surface area contributed by atoms with E-state index in [0.717, 1.165) is 10.9 Å². The summed E-state index contributed by atoms with van der Waals surface area (Å²) in [5, 5.41) is 20.5. The van der Waals surface area contributed by atoms with E-state index in [-0.39, 0.29) is 6.61 Å². The van der Waals surface area contributed by atoms with Gasteiger partial charge in [0.15, 0.2) is 0 Å². The fraction of sp³-hybridized carbons (Fsp3) is 0.294. The summed E-state index contributed by atoms with van der Waals surface area (Å²) in [6.45, 7) is 6.78. The van der Waals surface area contributed by atoms with Gasteiger partial charge >= 0.3 is 0 Å². The van der Waals surface area contributed by atoms with Crippen molar-refractivity contribution < 1.29 is 24.1 Å². The Balaban J connectivity index is 2.00. The van der Waals surface area contributed by atoms with Crippen LogP contribution in [-0.4, -0.2) is 28.5 Å². The molecular weight excluding hydrogens is 284 g/mol. The van der Waals surface area contributed by atoms with Crippen LogP contribution in [0.3, 0.4) is 0 Å². The van der Waals surface area contributed by atoms with Crippen molar-refractivity contribution >= 4 is 17.0 Å². The normalized spacial score (nSPS) is 15.5. The molecule has 1 aliphatic rings.